The number of carbonyl (C=O) groups excluding carboxylic acids is 4. The zero-order valence-corrected chi connectivity index (χ0v) is 23.9. The van der Waals surface area contributed by atoms with E-state index in [1.165, 1.54) is 32.9 Å². The van der Waals surface area contributed by atoms with Crippen molar-refractivity contribution in [3.63, 3.8) is 0 Å². The van der Waals surface area contributed by atoms with Crippen LogP contribution in [-0.4, -0.2) is 93.6 Å². The fourth-order valence-electron chi connectivity index (χ4n) is 8.40. The highest BCUT2D eigenvalue weighted by Gasteiger charge is 2.82. The van der Waals surface area contributed by atoms with Crippen LogP contribution in [0.3, 0.4) is 0 Å². The first kappa shape index (κ1) is 28.8. The predicted molar refractivity (Wildman–Crippen MR) is 140 cm³/mol. The van der Waals surface area contributed by atoms with E-state index in [1.54, 1.807) is 32.0 Å². The van der Waals surface area contributed by atoms with Crippen LogP contribution >= 0.6 is 0 Å². The first-order valence-corrected chi connectivity index (χ1v) is 13.9. The molecule has 226 valence electrons. The summed E-state index contributed by atoms with van der Waals surface area (Å²) in [6, 6.07) is 7.97. The minimum Gasteiger partial charge on any atom is -0.454 e. The second-order valence-corrected chi connectivity index (χ2v) is 12.7. The zero-order chi connectivity index (χ0) is 30.6. The van der Waals surface area contributed by atoms with E-state index < -0.39 is 88.5 Å². The Kier molecular flexibility index (Phi) is 6.23. The molecule has 2 saturated carbocycles. The summed E-state index contributed by atoms with van der Waals surface area (Å²) in [5.74, 6) is -3.83. The quantitative estimate of drug-likeness (QED) is 0.263. The molecule has 1 aromatic carbocycles. The molecule has 2 aliphatic heterocycles. The number of ether oxygens (including phenoxy) is 5. The van der Waals surface area contributed by atoms with Crippen LogP contribution in [-0.2, 0) is 33.3 Å². The Labute approximate surface area is 241 Å². The van der Waals surface area contributed by atoms with Gasteiger partial charge in [0, 0.05) is 18.8 Å². The molecule has 0 aromatic heterocycles. The smallest absolute Gasteiger partial charge is 0.454 e. The number of fused-ring (bicyclic) bond motifs is 4. The average Bonchev–Trinajstić information content (AvgIpc) is 3.30. The molecule has 2 bridgehead atoms. The molecule has 42 heavy (non-hydrogen) atoms. The van der Waals surface area contributed by atoms with Gasteiger partial charge in [-0.3, -0.25) is 9.59 Å². The Balaban J connectivity index is 1.70. The van der Waals surface area contributed by atoms with Crippen LogP contribution in [0.1, 0.15) is 51.4 Å². The van der Waals surface area contributed by atoms with Gasteiger partial charge in [-0.2, -0.15) is 0 Å². The molecule has 2 saturated heterocycles. The predicted octanol–water partition coefficient (Wildman–Crippen LogP) is 1.23. The molecule has 1 aromatic rings. The highest BCUT2D eigenvalue weighted by molar-refractivity contribution is 5.94. The van der Waals surface area contributed by atoms with Gasteiger partial charge in [0.2, 0.25) is 5.60 Å². The van der Waals surface area contributed by atoms with E-state index >= 15 is 0 Å². The summed E-state index contributed by atoms with van der Waals surface area (Å²) < 4.78 is 29.5. The summed E-state index contributed by atoms with van der Waals surface area (Å²) in [6.07, 6.45) is -10.2. The molecule has 0 radical (unpaired) electrons. The third-order valence-corrected chi connectivity index (χ3v) is 10.4. The van der Waals surface area contributed by atoms with Gasteiger partial charge in [-0.1, -0.05) is 32.0 Å². The second kappa shape index (κ2) is 9.09. The summed E-state index contributed by atoms with van der Waals surface area (Å²) in [4.78, 5) is 53.9. The molecule has 6 rings (SSSR count). The van der Waals surface area contributed by atoms with Gasteiger partial charge in [-0.25, -0.2) is 9.59 Å². The molecule has 3 N–H and O–H groups in total. The van der Waals surface area contributed by atoms with E-state index in [-0.39, 0.29) is 29.7 Å². The fourth-order valence-corrected chi connectivity index (χ4v) is 8.40. The largest absolute Gasteiger partial charge is 0.509 e. The van der Waals surface area contributed by atoms with Gasteiger partial charge in [0.1, 0.15) is 18.3 Å². The number of hydrogen-bond acceptors (Lipinski definition) is 12. The minimum absolute atomic E-state index is 0.0516. The van der Waals surface area contributed by atoms with Crippen molar-refractivity contribution in [2.24, 2.45) is 16.7 Å². The fraction of sp³-hybridized carbons (Fsp3) is 0.600. The van der Waals surface area contributed by atoms with E-state index in [9.17, 15) is 34.5 Å². The van der Waals surface area contributed by atoms with Crippen LogP contribution < -0.4 is 0 Å². The Bertz CT molecular complexity index is 1400. The lowest BCUT2D eigenvalue weighted by molar-refractivity contribution is -0.345. The molecule has 4 fully saturated rings. The van der Waals surface area contributed by atoms with Gasteiger partial charge in [0.05, 0.1) is 29.6 Å². The molecule has 1 spiro atoms. The molecular formula is C30H34O12. The van der Waals surface area contributed by atoms with E-state index in [0.29, 0.717) is 0 Å². The third-order valence-electron chi connectivity index (χ3n) is 10.4. The number of benzene rings is 1. The first-order chi connectivity index (χ1) is 19.6. The van der Waals surface area contributed by atoms with E-state index in [4.69, 9.17) is 23.7 Å². The number of esters is 2. The van der Waals surface area contributed by atoms with Gasteiger partial charge in [-0.05, 0) is 37.1 Å². The SMILES string of the molecule is CC(=O)O[C@@]12CO[C@@H]1C[C@H](O)[C@@]1(C)C(=O)[C@H](O)C3=C(C)[C@@H](O)[C@@H]4OC(=O)O[C@]4([C@@H](OC(=O)c4ccccc4)[C@H]21)C3(C)C. The number of Topliss-reactive ketones (excluding diaryl/α,β-unsaturated/α-hetero) is 1. The third kappa shape index (κ3) is 3.37. The lowest BCUT2D eigenvalue weighted by Gasteiger charge is -2.67. The molecule has 10 atom stereocenters. The lowest BCUT2D eigenvalue weighted by atomic mass is 9.44. The van der Waals surface area contributed by atoms with Crippen molar-refractivity contribution in [1.82, 2.24) is 0 Å². The monoisotopic (exact) mass is 586 g/mol. The van der Waals surface area contributed by atoms with Crippen LogP contribution in [0, 0.1) is 16.7 Å². The summed E-state index contributed by atoms with van der Waals surface area (Å²) in [6.45, 7) is 7.07. The van der Waals surface area contributed by atoms with Gasteiger partial charge >= 0.3 is 18.1 Å². The normalized spacial score (nSPS) is 43.3. The van der Waals surface area contributed by atoms with Crippen LogP contribution in [0.15, 0.2) is 41.5 Å². The van der Waals surface area contributed by atoms with Crippen molar-refractivity contribution in [3.8, 4) is 0 Å². The highest BCUT2D eigenvalue weighted by Crippen LogP contribution is 2.66. The molecular weight excluding hydrogens is 552 g/mol. The number of ketones is 1. The topological polar surface area (TPSA) is 175 Å². The maximum Gasteiger partial charge on any atom is 0.509 e. The number of aliphatic hydroxyl groups is 3. The Morgan fingerprint density at radius 3 is 2.31 bits per heavy atom. The number of hydrogen-bond donors (Lipinski definition) is 3. The Hall–Kier alpha value is -3.32. The van der Waals surface area contributed by atoms with Gasteiger partial charge < -0.3 is 39.0 Å². The minimum atomic E-state index is -2.05. The molecule has 3 aliphatic carbocycles. The lowest BCUT2D eigenvalue weighted by Crippen LogP contribution is -2.83. The summed E-state index contributed by atoms with van der Waals surface area (Å²) >= 11 is 0. The van der Waals surface area contributed by atoms with Crippen molar-refractivity contribution in [2.45, 2.75) is 88.9 Å². The molecule has 0 unspecified atom stereocenters. The molecule has 12 nitrogen and oxygen atoms in total. The van der Waals surface area contributed by atoms with Gasteiger partial charge in [0.25, 0.3) is 0 Å². The zero-order valence-electron chi connectivity index (χ0n) is 23.9. The van der Waals surface area contributed by atoms with Gasteiger partial charge in [-0.15, -0.1) is 0 Å². The van der Waals surface area contributed by atoms with Crippen LogP contribution in [0.5, 0.6) is 0 Å². The summed E-state index contributed by atoms with van der Waals surface area (Å²) in [7, 11) is 0. The standard InChI is InChI=1S/C30H34O12/c1-13-18-20(34)22(35)28(5)16(32)11-17-29(12-38-17,41-14(2)31)21(28)24(39-25(36)15-9-7-6-8-10-15)30(27(18,3)4)23(19(13)33)40-26(37)42-30/h6-10,16-17,19-21,23-24,32-34H,11-12H2,1-5H3/t16-,17+,19+,20+,21-,23-,24-,28+,29-,30+/m0/s1. The molecule has 2 heterocycles. The second-order valence-electron chi connectivity index (χ2n) is 12.7. The Morgan fingerprint density at radius 2 is 1.71 bits per heavy atom. The van der Waals surface area contributed by atoms with Crippen molar-refractivity contribution >= 4 is 23.9 Å². The highest BCUT2D eigenvalue weighted by atomic mass is 16.8. The maximum absolute atomic E-state index is 14.5. The number of rotatable bonds is 3. The molecule has 0 amide bonds. The van der Waals surface area contributed by atoms with E-state index in [1.807, 2.05) is 0 Å². The van der Waals surface area contributed by atoms with Crippen LogP contribution in [0.4, 0.5) is 4.79 Å². The average molecular weight is 587 g/mol. The van der Waals surface area contributed by atoms with Crippen LogP contribution in [0.2, 0.25) is 0 Å². The van der Waals surface area contributed by atoms with Crippen molar-refractivity contribution in [3.05, 3.63) is 47.0 Å². The van der Waals surface area contributed by atoms with Crippen molar-refractivity contribution in [2.75, 3.05) is 6.61 Å². The van der Waals surface area contributed by atoms with Crippen LogP contribution in [0.25, 0.3) is 0 Å². The van der Waals surface area contributed by atoms with E-state index in [2.05, 4.69) is 0 Å². The summed E-state index contributed by atoms with van der Waals surface area (Å²) in [5.41, 5.74) is -6.75. The maximum atomic E-state index is 14.5. The number of carbonyl (C=O) groups is 4. The van der Waals surface area contributed by atoms with E-state index in [0.717, 1.165) is 0 Å². The molecule has 5 aliphatic rings. The molecule has 12 heteroatoms. The Morgan fingerprint density at radius 1 is 1.05 bits per heavy atom. The summed E-state index contributed by atoms with van der Waals surface area (Å²) in [5, 5.41) is 34.9. The first-order valence-electron chi connectivity index (χ1n) is 13.9. The van der Waals surface area contributed by atoms with Crippen molar-refractivity contribution in [1.29, 1.82) is 0 Å². The van der Waals surface area contributed by atoms with Crippen molar-refractivity contribution < 1.29 is 58.2 Å². The van der Waals surface area contributed by atoms with Gasteiger partial charge in [0.15, 0.2) is 23.6 Å². The number of aliphatic hydroxyl groups excluding tert-OH is 3.